The molecule has 0 bridgehead atoms. The molecule has 3 nitrogen and oxygen atoms in total. The molecular formula is C12H14BrNO2. The van der Waals surface area contributed by atoms with Crippen LogP contribution >= 0.6 is 15.9 Å². The van der Waals surface area contributed by atoms with Gasteiger partial charge in [-0.05, 0) is 30.5 Å². The normalized spacial score (nSPS) is 12.1. The Kier molecular flexibility index (Phi) is 5.47. The zero-order chi connectivity index (χ0) is 12.0. The standard InChI is InChI=1S/C12H14BrNO2/c1-9-3-4-10(7-11(9)13)12(8-14)16-6-2-5-15/h3-4,7,12,15H,2,5-6H2,1H3. The zero-order valence-electron chi connectivity index (χ0n) is 9.11. The number of nitrogens with zero attached hydrogens (tertiary/aromatic N) is 1. The van der Waals surface area contributed by atoms with Gasteiger partial charge in [-0.3, -0.25) is 0 Å². The highest BCUT2D eigenvalue weighted by atomic mass is 79.9. The Balaban J connectivity index is 2.72. The van der Waals surface area contributed by atoms with E-state index in [0.717, 1.165) is 15.6 Å². The number of aliphatic hydroxyl groups excluding tert-OH is 1. The second-order valence-corrected chi connectivity index (χ2v) is 4.32. The molecule has 1 N–H and O–H groups in total. The maximum absolute atomic E-state index is 8.99. The molecule has 1 unspecified atom stereocenters. The van der Waals surface area contributed by atoms with Crippen LogP contribution in [0.25, 0.3) is 0 Å². The molecule has 0 saturated carbocycles. The zero-order valence-corrected chi connectivity index (χ0v) is 10.7. The SMILES string of the molecule is Cc1ccc(C(C#N)OCCCO)cc1Br. The van der Waals surface area contributed by atoms with Crippen molar-refractivity contribution in [1.29, 1.82) is 5.26 Å². The van der Waals surface area contributed by atoms with Crippen LogP contribution < -0.4 is 0 Å². The van der Waals surface area contributed by atoms with Crippen molar-refractivity contribution in [3.63, 3.8) is 0 Å². The Morgan fingerprint density at radius 3 is 2.88 bits per heavy atom. The molecular weight excluding hydrogens is 270 g/mol. The van der Waals surface area contributed by atoms with Gasteiger partial charge in [-0.1, -0.05) is 28.1 Å². The van der Waals surface area contributed by atoms with E-state index in [2.05, 4.69) is 22.0 Å². The van der Waals surface area contributed by atoms with Gasteiger partial charge < -0.3 is 9.84 Å². The van der Waals surface area contributed by atoms with Gasteiger partial charge in [0.05, 0.1) is 12.7 Å². The molecule has 1 atom stereocenters. The van der Waals surface area contributed by atoms with Crippen molar-refractivity contribution in [2.75, 3.05) is 13.2 Å². The number of nitriles is 1. The van der Waals surface area contributed by atoms with Crippen LogP contribution in [0.3, 0.4) is 0 Å². The predicted molar refractivity (Wildman–Crippen MR) is 64.9 cm³/mol. The van der Waals surface area contributed by atoms with Crippen molar-refractivity contribution in [3.8, 4) is 6.07 Å². The highest BCUT2D eigenvalue weighted by Gasteiger charge is 2.11. The first-order chi connectivity index (χ1) is 7.69. The van der Waals surface area contributed by atoms with Crippen LogP contribution in [0, 0.1) is 18.3 Å². The second-order valence-electron chi connectivity index (χ2n) is 3.47. The molecule has 0 aliphatic heterocycles. The van der Waals surface area contributed by atoms with Crippen molar-refractivity contribution in [2.45, 2.75) is 19.4 Å². The largest absolute Gasteiger partial charge is 0.396 e. The van der Waals surface area contributed by atoms with E-state index in [1.165, 1.54) is 0 Å². The molecule has 0 aliphatic carbocycles. The van der Waals surface area contributed by atoms with Crippen molar-refractivity contribution in [2.24, 2.45) is 0 Å². The summed E-state index contributed by atoms with van der Waals surface area (Å²) < 4.78 is 6.34. The first-order valence-corrected chi connectivity index (χ1v) is 5.86. The molecule has 86 valence electrons. The minimum atomic E-state index is -0.566. The van der Waals surface area contributed by atoms with Gasteiger partial charge in [0.2, 0.25) is 0 Å². The fraction of sp³-hybridized carbons (Fsp3) is 0.417. The van der Waals surface area contributed by atoms with Gasteiger partial charge in [0.1, 0.15) is 0 Å². The minimum Gasteiger partial charge on any atom is -0.396 e. The van der Waals surface area contributed by atoms with Crippen LogP contribution in [0.2, 0.25) is 0 Å². The molecule has 16 heavy (non-hydrogen) atoms. The molecule has 0 aliphatic rings. The third-order valence-corrected chi connectivity index (χ3v) is 3.06. The summed E-state index contributed by atoms with van der Waals surface area (Å²) in [6.45, 7) is 2.46. The third-order valence-electron chi connectivity index (χ3n) is 2.20. The lowest BCUT2D eigenvalue weighted by molar-refractivity contribution is 0.0773. The average molecular weight is 284 g/mol. The molecule has 0 radical (unpaired) electrons. The molecule has 0 spiro atoms. The first-order valence-electron chi connectivity index (χ1n) is 5.07. The van der Waals surface area contributed by atoms with Gasteiger partial charge in [0.25, 0.3) is 0 Å². The summed E-state index contributed by atoms with van der Waals surface area (Å²) in [5.41, 5.74) is 1.95. The van der Waals surface area contributed by atoms with Gasteiger partial charge in [-0.15, -0.1) is 0 Å². The molecule has 4 heteroatoms. The van der Waals surface area contributed by atoms with Gasteiger partial charge >= 0.3 is 0 Å². The summed E-state index contributed by atoms with van der Waals surface area (Å²) in [5.74, 6) is 0. The second kappa shape index (κ2) is 6.64. The van der Waals surface area contributed by atoms with Crippen LogP contribution in [0.4, 0.5) is 0 Å². The van der Waals surface area contributed by atoms with Crippen molar-refractivity contribution >= 4 is 15.9 Å². The predicted octanol–water partition coefficient (Wildman–Crippen LogP) is 2.72. The Bertz CT molecular complexity index is 387. The van der Waals surface area contributed by atoms with E-state index in [0.29, 0.717) is 13.0 Å². The number of halogens is 1. The topological polar surface area (TPSA) is 53.2 Å². The fourth-order valence-electron chi connectivity index (χ4n) is 1.25. The number of aliphatic hydroxyl groups is 1. The molecule has 1 aromatic carbocycles. The van der Waals surface area contributed by atoms with Crippen molar-refractivity contribution in [1.82, 2.24) is 0 Å². The molecule has 0 fully saturated rings. The van der Waals surface area contributed by atoms with Gasteiger partial charge in [0, 0.05) is 11.1 Å². The van der Waals surface area contributed by atoms with E-state index >= 15 is 0 Å². The molecule has 0 heterocycles. The molecule has 0 saturated heterocycles. The quantitative estimate of drug-likeness (QED) is 0.846. The van der Waals surface area contributed by atoms with E-state index < -0.39 is 6.10 Å². The number of ether oxygens (including phenoxy) is 1. The third kappa shape index (κ3) is 3.60. The van der Waals surface area contributed by atoms with E-state index in [1.54, 1.807) is 0 Å². The number of rotatable bonds is 5. The number of benzene rings is 1. The molecule has 0 aromatic heterocycles. The first kappa shape index (κ1) is 13.2. The fourth-order valence-corrected chi connectivity index (χ4v) is 1.64. The van der Waals surface area contributed by atoms with E-state index in [4.69, 9.17) is 15.1 Å². The summed E-state index contributed by atoms with van der Waals surface area (Å²) in [6.07, 6.45) is -0.0194. The highest BCUT2D eigenvalue weighted by molar-refractivity contribution is 9.10. The monoisotopic (exact) mass is 283 g/mol. The van der Waals surface area contributed by atoms with E-state index in [9.17, 15) is 0 Å². The number of aryl methyl sites for hydroxylation is 1. The van der Waals surface area contributed by atoms with Crippen LogP contribution in [0.1, 0.15) is 23.7 Å². The lowest BCUT2D eigenvalue weighted by atomic mass is 10.1. The van der Waals surface area contributed by atoms with E-state index in [1.807, 2.05) is 25.1 Å². The Morgan fingerprint density at radius 2 is 2.31 bits per heavy atom. The maximum Gasteiger partial charge on any atom is 0.169 e. The van der Waals surface area contributed by atoms with Gasteiger partial charge in [0.15, 0.2) is 6.10 Å². The van der Waals surface area contributed by atoms with Crippen LogP contribution in [0.5, 0.6) is 0 Å². The molecule has 1 aromatic rings. The molecule has 0 amide bonds. The van der Waals surface area contributed by atoms with Gasteiger partial charge in [-0.25, -0.2) is 0 Å². The van der Waals surface area contributed by atoms with E-state index in [-0.39, 0.29) is 6.61 Å². The summed E-state index contributed by atoms with van der Waals surface area (Å²) >= 11 is 3.42. The summed E-state index contributed by atoms with van der Waals surface area (Å²) in [7, 11) is 0. The van der Waals surface area contributed by atoms with Crippen molar-refractivity contribution in [3.05, 3.63) is 33.8 Å². The maximum atomic E-state index is 8.99. The highest BCUT2D eigenvalue weighted by Crippen LogP contribution is 2.23. The lowest BCUT2D eigenvalue weighted by Crippen LogP contribution is -2.05. The average Bonchev–Trinajstić information content (AvgIpc) is 2.29. The van der Waals surface area contributed by atoms with Crippen LogP contribution in [0.15, 0.2) is 22.7 Å². The molecule has 1 rings (SSSR count). The summed E-state index contributed by atoms with van der Waals surface area (Å²) in [6, 6.07) is 7.82. The number of hydrogen-bond acceptors (Lipinski definition) is 3. The Morgan fingerprint density at radius 1 is 1.56 bits per heavy atom. The number of hydrogen-bond donors (Lipinski definition) is 1. The Labute approximate surface area is 104 Å². The summed E-state index contributed by atoms with van der Waals surface area (Å²) in [4.78, 5) is 0. The van der Waals surface area contributed by atoms with Gasteiger partial charge in [-0.2, -0.15) is 5.26 Å². The van der Waals surface area contributed by atoms with Crippen LogP contribution in [-0.2, 0) is 4.74 Å². The van der Waals surface area contributed by atoms with Crippen molar-refractivity contribution < 1.29 is 9.84 Å². The summed E-state index contributed by atoms with van der Waals surface area (Å²) in [5, 5.41) is 17.6. The minimum absolute atomic E-state index is 0.0791. The Hall–Kier alpha value is -0.890. The smallest absolute Gasteiger partial charge is 0.169 e. The van der Waals surface area contributed by atoms with Crippen LogP contribution in [-0.4, -0.2) is 18.3 Å². The lowest BCUT2D eigenvalue weighted by Gasteiger charge is -2.11.